The Morgan fingerprint density at radius 2 is 1.86 bits per heavy atom. The van der Waals surface area contributed by atoms with Crippen LogP contribution in [0.25, 0.3) is 0 Å². The summed E-state index contributed by atoms with van der Waals surface area (Å²) < 4.78 is 5.29. The molecule has 1 unspecified atom stereocenters. The summed E-state index contributed by atoms with van der Waals surface area (Å²) in [4.78, 5) is 16.0. The molecule has 0 aliphatic heterocycles. The molecule has 0 aliphatic rings. The fraction of sp³-hybridized carbons (Fsp3) is 0.867. The Kier molecular flexibility index (Phi) is 8.81. The number of carbonyl (C=O) groups excluding carboxylic acids is 1. The van der Waals surface area contributed by atoms with Gasteiger partial charge in [0.25, 0.3) is 0 Å². The second kappa shape index (κ2) is 9.47. The van der Waals surface area contributed by atoms with Gasteiger partial charge in [-0.1, -0.05) is 20.8 Å². The zero-order valence-electron chi connectivity index (χ0n) is 14.5. The minimum atomic E-state index is -0.488. The van der Waals surface area contributed by atoms with E-state index in [-0.39, 0.29) is 18.1 Å². The van der Waals surface area contributed by atoms with Crippen molar-refractivity contribution in [2.75, 3.05) is 20.1 Å². The van der Waals surface area contributed by atoms with Crippen molar-refractivity contribution >= 4 is 12.1 Å². The number of nitrogens with one attached hydrogen (secondary N) is 3. The van der Waals surface area contributed by atoms with E-state index >= 15 is 0 Å². The van der Waals surface area contributed by atoms with Crippen LogP contribution in [0, 0.1) is 5.92 Å². The molecule has 0 bridgehead atoms. The number of ether oxygens (including phenoxy) is 1. The van der Waals surface area contributed by atoms with Gasteiger partial charge in [0.15, 0.2) is 5.96 Å². The quantitative estimate of drug-likeness (QED) is 0.519. The first-order chi connectivity index (χ1) is 9.69. The van der Waals surface area contributed by atoms with Gasteiger partial charge in [-0.15, -0.1) is 0 Å². The highest BCUT2D eigenvalue weighted by molar-refractivity contribution is 5.79. The van der Waals surface area contributed by atoms with Crippen molar-refractivity contribution in [3.05, 3.63) is 0 Å². The molecular formula is C15H32N4O2. The number of guanidine groups is 1. The van der Waals surface area contributed by atoms with Crippen molar-refractivity contribution in [2.24, 2.45) is 10.9 Å². The molecule has 0 saturated carbocycles. The maximum Gasteiger partial charge on any atom is 0.407 e. The van der Waals surface area contributed by atoms with E-state index in [2.05, 4.69) is 41.7 Å². The van der Waals surface area contributed by atoms with Crippen molar-refractivity contribution in [1.82, 2.24) is 16.0 Å². The average Bonchev–Trinajstić information content (AvgIpc) is 2.35. The number of carbonyl (C=O) groups is 1. The van der Waals surface area contributed by atoms with Crippen LogP contribution in [0.5, 0.6) is 0 Å². The third kappa shape index (κ3) is 9.98. The predicted octanol–water partition coefficient (Wildman–Crippen LogP) is 2.11. The molecule has 0 aliphatic carbocycles. The Balaban J connectivity index is 4.40. The number of nitrogens with zero attached hydrogens (tertiary/aromatic N) is 1. The summed E-state index contributed by atoms with van der Waals surface area (Å²) in [5.41, 5.74) is -0.488. The number of hydrogen-bond acceptors (Lipinski definition) is 3. The molecule has 1 atom stereocenters. The molecule has 3 N–H and O–H groups in total. The summed E-state index contributed by atoms with van der Waals surface area (Å²) in [5.74, 6) is 1.03. The van der Waals surface area contributed by atoms with Crippen LogP contribution < -0.4 is 16.0 Å². The van der Waals surface area contributed by atoms with E-state index in [1.165, 1.54) is 0 Å². The van der Waals surface area contributed by atoms with Crippen molar-refractivity contribution in [2.45, 2.75) is 59.6 Å². The molecule has 0 fully saturated rings. The average molecular weight is 300 g/mol. The maximum atomic E-state index is 11.9. The molecule has 0 radical (unpaired) electrons. The van der Waals surface area contributed by atoms with E-state index < -0.39 is 5.60 Å². The first-order valence-corrected chi connectivity index (χ1v) is 7.63. The Hall–Kier alpha value is -1.46. The van der Waals surface area contributed by atoms with Crippen LogP contribution in [-0.2, 0) is 4.74 Å². The molecule has 6 heteroatoms. The topological polar surface area (TPSA) is 74.8 Å². The zero-order valence-corrected chi connectivity index (χ0v) is 14.5. The normalized spacial score (nSPS) is 13.8. The first kappa shape index (κ1) is 19.5. The van der Waals surface area contributed by atoms with Crippen molar-refractivity contribution in [3.8, 4) is 0 Å². The first-order valence-electron chi connectivity index (χ1n) is 7.63. The number of alkyl carbamates (subject to hydrolysis) is 1. The van der Waals surface area contributed by atoms with Gasteiger partial charge >= 0.3 is 6.09 Å². The van der Waals surface area contributed by atoms with E-state index in [1.807, 2.05) is 20.8 Å². The molecule has 124 valence electrons. The largest absolute Gasteiger partial charge is 0.444 e. The maximum absolute atomic E-state index is 11.9. The summed E-state index contributed by atoms with van der Waals surface area (Å²) in [5, 5.41) is 9.32. The summed E-state index contributed by atoms with van der Waals surface area (Å²) in [6, 6.07) is -0.0278. The zero-order chi connectivity index (χ0) is 16.5. The predicted molar refractivity (Wildman–Crippen MR) is 87.7 cm³/mol. The van der Waals surface area contributed by atoms with Crippen molar-refractivity contribution in [3.63, 3.8) is 0 Å². The van der Waals surface area contributed by atoms with E-state index in [9.17, 15) is 4.79 Å². The Labute approximate surface area is 129 Å². The fourth-order valence-electron chi connectivity index (χ4n) is 1.58. The van der Waals surface area contributed by atoms with Gasteiger partial charge in [0.1, 0.15) is 5.60 Å². The fourth-order valence-corrected chi connectivity index (χ4v) is 1.58. The lowest BCUT2D eigenvalue weighted by Gasteiger charge is -2.26. The molecule has 0 saturated heterocycles. The smallest absolute Gasteiger partial charge is 0.407 e. The molecule has 6 nitrogen and oxygen atoms in total. The van der Waals surface area contributed by atoms with Crippen LogP contribution in [-0.4, -0.2) is 43.8 Å². The minimum absolute atomic E-state index is 0.0278. The highest BCUT2D eigenvalue weighted by Crippen LogP contribution is 2.08. The van der Waals surface area contributed by atoms with Crippen molar-refractivity contribution < 1.29 is 9.53 Å². The van der Waals surface area contributed by atoms with Crippen molar-refractivity contribution in [1.29, 1.82) is 0 Å². The summed E-state index contributed by atoms with van der Waals surface area (Å²) in [6.45, 7) is 13.2. The van der Waals surface area contributed by atoms with Gasteiger partial charge in [-0.05, 0) is 33.1 Å². The Morgan fingerprint density at radius 3 is 2.29 bits per heavy atom. The third-order valence-electron chi connectivity index (χ3n) is 2.76. The molecule has 0 heterocycles. The van der Waals surface area contributed by atoms with Gasteiger partial charge in [0.2, 0.25) is 0 Å². The van der Waals surface area contributed by atoms with Gasteiger partial charge in [-0.25, -0.2) is 4.79 Å². The molecule has 0 aromatic rings. The number of rotatable bonds is 6. The Morgan fingerprint density at radius 1 is 1.24 bits per heavy atom. The second-order valence-electron chi connectivity index (χ2n) is 6.38. The lowest BCUT2D eigenvalue weighted by molar-refractivity contribution is 0.0491. The van der Waals surface area contributed by atoms with Crippen LogP contribution >= 0.6 is 0 Å². The minimum Gasteiger partial charge on any atom is -0.444 e. The number of aliphatic imine (C=N–C) groups is 1. The second-order valence-corrected chi connectivity index (χ2v) is 6.38. The molecule has 0 rings (SSSR count). The highest BCUT2D eigenvalue weighted by Gasteiger charge is 2.21. The molecular weight excluding hydrogens is 268 g/mol. The van der Waals surface area contributed by atoms with Crippen LogP contribution in [0.1, 0.15) is 48.0 Å². The van der Waals surface area contributed by atoms with Gasteiger partial charge in [-0.3, -0.25) is 4.99 Å². The summed E-state index contributed by atoms with van der Waals surface area (Å²) in [7, 11) is 1.73. The molecule has 0 aromatic carbocycles. The third-order valence-corrected chi connectivity index (χ3v) is 2.76. The molecule has 0 spiro atoms. The van der Waals surface area contributed by atoms with E-state index in [1.54, 1.807) is 7.05 Å². The lowest BCUT2D eigenvalue weighted by Crippen LogP contribution is -2.50. The van der Waals surface area contributed by atoms with Crippen LogP contribution in [0.2, 0.25) is 0 Å². The van der Waals surface area contributed by atoms with E-state index in [0.29, 0.717) is 6.54 Å². The lowest BCUT2D eigenvalue weighted by atomic mass is 10.0. The monoisotopic (exact) mass is 300 g/mol. The SMILES string of the molecule is CCCNC(=NC)NCC(NC(=O)OC(C)(C)C)C(C)C. The van der Waals surface area contributed by atoms with Gasteiger partial charge in [0, 0.05) is 20.1 Å². The van der Waals surface area contributed by atoms with Gasteiger partial charge in [-0.2, -0.15) is 0 Å². The highest BCUT2D eigenvalue weighted by atomic mass is 16.6. The van der Waals surface area contributed by atoms with Crippen LogP contribution in [0.4, 0.5) is 4.79 Å². The number of amides is 1. The van der Waals surface area contributed by atoms with E-state index in [4.69, 9.17) is 4.74 Å². The van der Waals surface area contributed by atoms with Crippen LogP contribution in [0.15, 0.2) is 4.99 Å². The Bertz CT molecular complexity index is 335. The van der Waals surface area contributed by atoms with Crippen LogP contribution in [0.3, 0.4) is 0 Å². The standard InChI is InChI=1S/C15H32N4O2/c1-8-9-17-13(16-7)18-10-12(11(2)3)19-14(20)21-15(4,5)6/h11-12H,8-10H2,1-7H3,(H,19,20)(H2,16,17,18). The summed E-state index contributed by atoms with van der Waals surface area (Å²) >= 11 is 0. The molecule has 21 heavy (non-hydrogen) atoms. The van der Waals surface area contributed by atoms with Gasteiger partial charge < -0.3 is 20.7 Å². The van der Waals surface area contributed by atoms with Gasteiger partial charge in [0.05, 0.1) is 6.04 Å². The van der Waals surface area contributed by atoms with E-state index in [0.717, 1.165) is 18.9 Å². The molecule has 0 aromatic heterocycles. The summed E-state index contributed by atoms with van der Waals surface area (Å²) in [6.07, 6.45) is 0.643. The number of hydrogen-bond donors (Lipinski definition) is 3. The molecule has 1 amide bonds.